The van der Waals surface area contributed by atoms with Gasteiger partial charge in [-0.05, 0) is 44.1 Å². The van der Waals surface area contributed by atoms with Crippen molar-refractivity contribution in [1.29, 1.82) is 0 Å². The van der Waals surface area contributed by atoms with E-state index in [1.165, 1.54) is 31.0 Å². The zero-order valence-electron chi connectivity index (χ0n) is 15.3. The average molecular weight is 407 g/mol. The number of carbonyl (C=O) groups is 2. The molecule has 0 aliphatic carbocycles. The number of hydrogen-bond donors (Lipinski definition) is 2. The van der Waals surface area contributed by atoms with Gasteiger partial charge >= 0.3 is 0 Å². The van der Waals surface area contributed by atoms with E-state index in [1.807, 2.05) is 0 Å². The molecule has 2 aromatic rings. The van der Waals surface area contributed by atoms with Crippen molar-refractivity contribution in [2.75, 3.05) is 38.1 Å². The minimum atomic E-state index is -0.478. The van der Waals surface area contributed by atoms with Crippen molar-refractivity contribution >= 4 is 28.8 Å². The number of anilines is 1. The van der Waals surface area contributed by atoms with Crippen LogP contribution in [0, 0.1) is 5.82 Å². The van der Waals surface area contributed by atoms with Gasteiger partial charge in [0, 0.05) is 18.8 Å². The molecular weight excluding hydrogens is 385 g/mol. The van der Waals surface area contributed by atoms with Crippen molar-refractivity contribution < 1.29 is 18.7 Å². The number of halogens is 1. The van der Waals surface area contributed by atoms with Crippen LogP contribution in [-0.2, 0) is 16.1 Å². The molecule has 2 amide bonds. The van der Waals surface area contributed by atoms with E-state index < -0.39 is 11.7 Å². The Morgan fingerprint density at radius 1 is 1.25 bits per heavy atom. The molecule has 1 aromatic carbocycles. The second kappa shape index (κ2) is 10.2. The summed E-state index contributed by atoms with van der Waals surface area (Å²) in [6.45, 7) is 3.66. The van der Waals surface area contributed by atoms with E-state index >= 15 is 0 Å². The molecule has 0 atom stereocenters. The van der Waals surface area contributed by atoms with Crippen molar-refractivity contribution in [3.63, 3.8) is 0 Å². The maximum absolute atomic E-state index is 13.2. The molecule has 2 heterocycles. The number of carbonyl (C=O) groups excluding carboxylic acids is 2. The molecule has 1 aliphatic rings. The Labute approximate surface area is 166 Å². The molecular formula is C18H22FN5O3S. The lowest BCUT2D eigenvalue weighted by Crippen LogP contribution is -2.35. The standard InChI is InChI=1S/C18H22FN5O3S/c19-13-4-3-5-14(10-13)21-17(26)18-23-22-16(28-18)12-27-11-15(25)20-6-9-24-7-1-2-8-24/h3-5,10H,1-2,6-9,11-12H2,(H,20,25)(H,21,26). The van der Waals surface area contributed by atoms with Crippen LogP contribution in [0.3, 0.4) is 0 Å². The van der Waals surface area contributed by atoms with Crippen LogP contribution in [0.2, 0.25) is 0 Å². The van der Waals surface area contributed by atoms with Gasteiger partial charge in [0.25, 0.3) is 5.91 Å². The Balaban J connectivity index is 1.35. The van der Waals surface area contributed by atoms with Gasteiger partial charge in [0.15, 0.2) is 0 Å². The highest BCUT2D eigenvalue weighted by Crippen LogP contribution is 2.15. The fourth-order valence-electron chi connectivity index (χ4n) is 2.80. The Morgan fingerprint density at radius 3 is 2.86 bits per heavy atom. The highest BCUT2D eigenvalue weighted by molar-refractivity contribution is 7.13. The van der Waals surface area contributed by atoms with E-state index in [0.29, 0.717) is 17.2 Å². The fraction of sp³-hybridized carbons (Fsp3) is 0.444. The number of nitrogens with zero attached hydrogens (tertiary/aromatic N) is 3. The monoisotopic (exact) mass is 407 g/mol. The SMILES string of the molecule is O=C(COCc1nnc(C(=O)Nc2cccc(F)c2)s1)NCCN1CCCC1. The first-order valence-corrected chi connectivity index (χ1v) is 9.88. The zero-order valence-corrected chi connectivity index (χ0v) is 16.1. The highest BCUT2D eigenvalue weighted by atomic mass is 32.1. The van der Waals surface area contributed by atoms with Crippen LogP contribution in [0.25, 0.3) is 0 Å². The van der Waals surface area contributed by atoms with Crippen molar-refractivity contribution in [2.45, 2.75) is 19.4 Å². The van der Waals surface area contributed by atoms with Gasteiger partial charge in [0.1, 0.15) is 24.0 Å². The summed E-state index contributed by atoms with van der Waals surface area (Å²) in [6.07, 6.45) is 2.45. The second-order valence-electron chi connectivity index (χ2n) is 6.36. The summed E-state index contributed by atoms with van der Waals surface area (Å²) in [5.74, 6) is -1.11. The molecule has 0 bridgehead atoms. The Bertz CT molecular complexity index is 810. The molecule has 3 rings (SSSR count). The number of likely N-dealkylation sites (tertiary alicyclic amines) is 1. The van der Waals surface area contributed by atoms with Crippen LogP contribution in [0.4, 0.5) is 10.1 Å². The third-order valence-electron chi connectivity index (χ3n) is 4.15. The fourth-order valence-corrected chi connectivity index (χ4v) is 3.47. The van der Waals surface area contributed by atoms with Crippen LogP contribution in [0.15, 0.2) is 24.3 Å². The number of nitrogens with one attached hydrogen (secondary N) is 2. The molecule has 0 saturated carbocycles. The molecule has 2 N–H and O–H groups in total. The van der Waals surface area contributed by atoms with Crippen LogP contribution in [-0.4, -0.2) is 59.7 Å². The lowest BCUT2D eigenvalue weighted by molar-refractivity contribution is -0.126. The summed E-state index contributed by atoms with van der Waals surface area (Å²) in [5.41, 5.74) is 0.337. The highest BCUT2D eigenvalue weighted by Gasteiger charge is 2.14. The predicted octanol–water partition coefficient (Wildman–Crippen LogP) is 1.66. The first-order chi connectivity index (χ1) is 13.6. The van der Waals surface area contributed by atoms with Crippen molar-refractivity contribution in [3.05, 3.63) is 40.1 Å². The van der Waals surface area contributed by atoms with Gasteiger partial charge in [-0.15, -0.1) is 10.2 Å². The Kier molecular flexibility index (Phi) is 7.40. The van der Waals surface area contributed by atoms with E-state index in [0.717, 1.165) is 31.0 Å². The summed E-state index contributed by atoms with van der Waals surface area (Å²) in [6, 6.07) is 5.58. The smallest absolute Gasteiger partial charge is 0.286 e. The number of hydrogen-bond acceptors (Lipinski definition) is 7. The normalized spacial score (nSPS) is 14.2. The quantitative estimate of drug-likeness (QED) is 0.656. The van der Waals surface area contributed by atoms with Gasteiger partial charge in [-0.3, -0.25) is 9.59 Å². The first-order valence-electron chi connectivity index (χ1n) is 9.06. The van der Waals surface area contributed by atoms with Crippen LogP contribution >= 0.6 is 11.3 Å². The van der Waals surface area contributed by atoms with Gasteiger partial charge in [0.2, 0.25) is 10.9 Å². The average Bonchev–Trinajstić information content (AvgIpc) is 3.34. The predicted molar refractivity (Wildman–Crippen MR) is 103 cm³/mol. The lowest BCUT2D eigenvalue weighted by atomic mass is 10.3. The largest absolute Gasteiger partial charge is 0.364 e. The van der Waals surface area contributed by atoms with E-state index in [-0.39, 0.29) is 24.1 Å². The molecule has 1 aliphatic heterocycles. The molecule has 0 radical (unpaired) electrons. The maximum Gasteiger partial charge on any atom is 0.286 e. The number of ether oxygens (including phenoxy) is 1. The number of amides is 2. The summed E-state index contributed by atoms with van der Waals surface area (Å²) < 4.78 is 18.5. The summed E-state index contributed by atoms with van der Waals surface area (Å²) in [5, 5.41) is 13.7. The third kappa shape index (κ3) is 6.32. The van der Waals surface area contributed by atoms with Gasteiger partial charge in [-0.2, -0.15) is 0 Å². The van der Waals surface area contributed by atoms with E-state index in [4.69, 9.17) is 4.74 Å². The topological polar surface area (TPSA) is 96.5 Å². The molecule has 0 unspecified atom stereocenters. The van der Waals surface area contributed by atoms with Crippen LogP contribution in [0.1, 0.15) is 27.7 Å². The molecule has 0 spiro atoms. The number of benzene rings is 1. The summed E-state index contributed by atoms with van der Waals surface area (Å²) >= 11 is 1.06. The molecule has 8 nitrogen and oxygen atoms in total. The Morgan fingerprint density at radius 2 is 2.07 bits per heavy atom. The molecule has 1 saturated heterocycles. The molecule has 10 heteroatoms. The van der Waals surface area contributed by atoms with E-state index in [1.54, 1.807) is 6.07 Å². The number of aromatic nitrogens is 2. The maximum atomic E-state index is 13.2. The molecule has 1 fully saturated rings. The van der Waals surface area contributed by atoms with E-state index in [9.17, 15) is 14.0 Å². The van der Waals surface area contributed by atoms with Crippen molar-refractivity contribution in [1.82, 2.24) is 20.4 Å². The molecule has 1 aromatic heterocycles. The first kappa shape index (κ1) is 20.3. The third-order valence-corrected chi connectivity index (χ3v) is 5.05. The molecule has 28 heavy (non-hydrogen) atoms. The van der Waals surface area contributed by atoms with Gasteiger partial charge in [-0.25, -0.2) is 4.39 Å². The summed E-state index contributed by atoms with van der Waals surface area (Å²) in [4.78, 5) is 26.2. The van der Waals surface area contributed by atoms with Crippen LogP contribution in [0.5, 0.6) is 0 Å². The van der Waals surface area contributed by atoms with Gasteiger partial charge in [-0.1, -0.05) is 17.4 Å². The molecule has 150 valence electrons. The van der Waals surface area contributed by atoms with Crippen LogP contribution < -0.4 is 10.6 Å². The second-order valence-corrected chi connectivity index (χ2v) is 7.42. The van der Waals surface area contributed by atoms with Crippen molar-refractivity contribution in [2.24, 2.45) is 0 Å². The summed E-state index contributed by atoms with van der Waals surface area (Å²) in [7, 11) is 0. The van der Waals surface area contributed by atoms with E-state index in [2.05, 4.69) is 25.7 Å². The number of rotatable bonds is 9. The Hall–Kier alpha value is -2.43. The van der Waals surface area contributed by atoms with Gasteiger partial charge in [0.05, 0.1) is 0 Å². The van der Waals surface area contributed by atoms with Gasteiger partial charge < -0.3 is 20.3 Å². The zero-order chi connectivity index (χ0) is 19.8. The lowest BCUT2D eigenvalue weighted by Gasteiger charge is -2.14. The minimum absolute atomic E-state index is 0.0790. The van der Waals surface area contributed by atoms with Crippen molar-refractivity contribution in [3.8, 4) is 0 Å². The minimum Gasteiger partial charge on any atom is -0.364 e.